The Morgan fingerprint density at radius 2 is 1.94 bits per heavy atom. The van der Waals surface area contributed by atoms with Gasteiger partial charge in [-0.15, -0.1) is 11.3 Å². The van der Waals surface area contributed by atoms with E-state index in [2.05, 4.69) is 17.4 Å². The molecule has 1 amide bonds. The number of hydrogen-bond acceptors (Lipinski definition) is 2. The van der Waals surface area contributed by atoms with E-state index in [-0.39, 0.29) is 5.91 Å². The lowest BCUT2D eigenvalue weighted by Crippen LogP contribution is -2.09. The highest BCUT2D eigenvalue weighted by atomic mass is 32.1. The molecule has 1 aliphatic rings. The molecular formula is C14H13NOS. The van der Waals surface area contributed by atoms with Crippen molar-refractivity contribution in [3.63, 3.8) is 0 Å². The van der Waals surface area contributed by atoms with Gasteiger partial charge in [0.2, 0.25) is 0 Å². The minimum atomic E-state index is -0.0285. The standard InChI is InChI=1S/C14H13NOS/c16-14(13-2-1-9-17-13)15-12-7-5-11(6-8-12)10-3-4-10/h1-2,5-10H,3-4H2,(H,15,16). The molecule has 1 aromatic heterocycles. The molecule has 3 heteroatoms. The molecule has 0 spiro atoms. The number of nitrogens with one attached hydrogen (secondary N) is 1. The minimum absolute atomic E-state index is 0.0285. The van der Waals surface area contributed by atoms with Gasteiger partial charge in [-0.1, -0.05) is 18.2 Å². The van der Waals surface area contributed by atoms with Gasteiger partial charge in [0, 0.05) is 5.69 Å². The summed E-state index contributed by atoms with van der Waals surface area (Å²) in [6.45, 7) is 0. The molecule has 0 aliphatic heterocycles. The number of hydrogen-bond donors (Lipinski definition) is 1. The average molecular weight is 243 g/mol. The predicted octanol–water partition coefficient (Wildman–Crippen LogP) is 3.88. The fraction of sp³-hybridized carbons (Fsp3) is 0.214. The largest absolute Gasteiger partial charge is 0.321 e. The van der Waals surface area contributed by atoms with Crippen LogP contribution in [-0.2, 0) is 0 Å². The summed E-state index contributed by atoms with van der Waals surface area (Å²) in [5.41, 5.74) is 2.26. The molecule has 17 heavy (non-hydrogen) atoms. The van der Waals surface area contributed by atoms with Crippen molar-refractivity contribution in [3.8, 4) is 0 Å². The van der Waals surface area contributed by atoms with Crippen molar-refractivity contribution in [2.75, 3.05) is 5.32 Å². The van der Waals surface area contributed by atoms with Crippen LogP contribution in [0.2, 0.25) is 0 Å². The van der Waals surface area contributed by atoms with E-state index in [4.69, 9.17) is 0 Å². The Balaban J connectivity index is 1.70. The van der Waals surface area contributed by atoms with Gasteiger partial charge in [-0.3, -0.25) is 4.79 Å². The fourth-order valence-electron chi connectivity index (χ4n) is 1.86. The summed E-state index contributed by atoms with van der Waals surface area (Å²) in [4.78, 5) is 12.6. The van der Waals surface area contributed by atoms with E-state index in [0.717, 1.165) is 16.5 Å². The summed E-state index contributed by atoms with van der Waals surface area (Å²) in [6.07, 6.45) is 2.61. The van der Waals surface area contributed by atoms with Crippen LogP contribution in [0.3, 0.4) is 0 Å². The van der Waals surface area contributed by atoms with Crippen molar-refractivity contribution in [2.24, 2.45) is 0 Å². The summed E-state index contributed by atoms with van der Waals surface area (Å²) in [6, 6.07) is 11.9. The highest BCUT2D eigenvalue weighted by Crippen LogP contribution is 2.40. The van der Waals surface area contributed by atoms with Crippen LogP contribution in [0.15, 0.2) is 41.8 Å². The van der Waals surface area contributed by atoms with Crippen molar-refractivity contribution in [1.82, 2.24) is 0 Å². The van der Waals surface area contributed by atoms with Crippen LogP contribution in [0.5, 0.6) is 0 Å². The van der Waals surface area contributed by atoms with Crippen LogP contribution >= 0.6 is 11.3 Å². The summed E-state index contributed by atoms with van der Waals surface area (Å²) in [5.74, 6) is 0.733. The molecule has 1 aromatic carbocycles. The highest BCUT2D eigenvalue weighted by Gasteiger charge is 2.22. The Labute approximate surface area is 104 Å². The van der Waals surface area contributed by atoms with Gasteiger partial charge in [-0.2, -0.15) is 0 Å². The van der Waals surface area contributed by atoms with Crippen molar-refractivity contribution in [2.45, 2.75) is 18.8 Å². The van der Waals surface area contributed by atoms with Crippen molar-refractivity contribution < 1.29 is 4.79 Å². The van der Waals surface area contributed by atoms with E-state index in [9.17, 15) is 4.79 Å². The maximum Gasteiger partial charge on any atom is 0.265 e. The zero-order valence-electron chi connectivity index (χ0n) is 9.35. The van der Waals surface area contributed by atoms with Crippen molar-refractivity contribution in [3.05, 3.63) is 52.2 Å². The lowest BCUT2D eigenvalue weighted by Gasteiger charge is -2.04. The maximum atomic E-state index is 11.8. The van der Waals surface area contributed by atoms with E-state index in [1.165, 1.54) is 29.7 Å². The second kappa shape index (κ2) is 4.34. The molecule has 2 nitrogen and oxygen atoms in total. The van der Waals surface area contributed by atoms with Crippen molar-refractivity contribution >= 4 is 22.9 Å². The normalized spacial score (nSPS) is 14.6. The van der Waals surface area contributed by atoms with E-state index in [1.807, 2.05) is 29.6 Å². The highest BCUT2D eigenvalue weighted by molar-refractivity contribution is 7.12. The molecule has 86 valence electrons. The summed E-state index contributed by atoms with van der Waals surface area (Å²) in [7, 11) is 0. The zero-order chi connectivity index (χ0) is 11.7. The first-order valence-corrected chi connectivity index (χ1v) is 6.66. The van der Waals surface area contributed by atoms with Crippen LogP contribution in [0.25, 0.3) is 0 Å². The molecule has 0 unspecified atom stereocenters. The Hall–Kier alpha value is -1.61. The van der Waals surface area contributed by atoms with Gasteiger partial charge in [0.25, 0.3) is 5.91 Å². The van der Waals surface area contributed by atoms with Crippen LogP contribution in [0, 0.1) is 0 Å². The lowest BCUT2D eigenvalue weighted by molar-refractivity contribution is 0.103. The van der Waals surface area contributed by atoms with Crippen LogP contribution in [0.4, 0.5) is 5.69 Å². The summed E-state index contributed by atoms with van der Waals surface area (Å²) < 4.78 is 0. The number of benzene rings is 1. The Morgan fingerprint density at radius 1 is 1.18 bits per heavy atom. The second-order valence-corrected chi connectivity index (χ2v) is 5.28. The molecule has 1 heterocycles. The number of anilines is 1. The van der Waals surface area contributed by atoms with E-state index >= 15 is 0 Å². The molecule has 0 bridgehead atoms. The minimum Gasteiger partial charge on any atom is -0.321 e. The maximum absolute atomic E-state index is 11.8. The SMILES string of the molecule is O=C(Nc1ccc(C2CC2)cc1)c1cccs1. The Morgan fingerprint density at radius 3 is 2.53 bits per heavy atom. The number of rotatable bonds is 3. The van der Waals surface area contributed by atoms with Gasteiger partial charge in [0.05, 0.1) is 4.88 Å². The molecule has 1 saturated carbocycles. The molecule has 1 N–H and O–H groups in total. The smallest absolute Gasteiger partial charge is 0.265 e. The third kappa shape index (κ3) is 2.39. The van der Waals surface area contributed by atoms with Gasteiger partial charge in [-0.25, -0.2) is 0 Å². The first kappa shape index (κ1) is 10.5. The molecule has 0 radical (unpaired) electrons. The van der Waals surface area contributed by atoms with Crippen LogP contribution in [-0.4, -0.2) is 5.91 Å². The number of thiophene rings is 1. The quantitative estimate of drug-likeness (QED) is 0.871. The third-order valence-corrected chi connectivity index (χ3v) is 3.83. The number of amides is 1. The summed E-state index contributed by atoms with van der Waals surface area (Å²) in [5, 5.41) is 4.81. The molecule has 0 atom stereocenters. The van der Waals surface area contributed by atoms with Crippen LogP contribution in [0.1, 0.15) is 34.0 Å². The van der Waals surface area contributed by atoms with Gasteiger partial charge >= 0.3 is 0 Å². The van der Waals surface area contributed by atoms with E-state index in [0.29, 0.717) is 0 Å². The first-order valence-electron chi connectivity index (χ1n) is 5.78. The van der Waals surface area contributed by atoms with Crippen molar-refractivity contribution in [1.29, 1.82) is 0 Å². The molecule has 3 rings (SSSR count). The monoisotopic (exact) mass is 243 g/mol. The van der Waals surface area contributed by atoms with Crippen LogP contribution < -0.4 is 5.32 Å². The Kier molecular flexibility index (Phi) is 2.69. The number of carbonyl (C=O) groups excluding carboxylic acids is 1. The second-order valence-electron chi connectivity index (χ2n) is 4.33. The third-order valence-electron chi connectivity index (χ3n) is 2.96. The summed E-state index contributed by atoms with van der Waals surface area (Å²) >= 11 is 1.46. The first-order chi connectivity index (χ1) is 8.33. The van der Waals surface area contributed by atoms with Gasteiger partial charge in [0.1, 0.15) is 0 Å². The molecular weight excluding hydrogens is 230 g/mol. The lowest BCUT2D eigenvalue weighted by atomic mass is 10.1. The topological polar surface area (TPSA) is 29.1 Å². The molecule has 0 saturated heterocycles. The number of carbonyl (C=O) groups is 1. The molecule has 1 aliphatic carbocycles. The molecule has 2 aromatic rings. The van der Waals surface area contributed by atoms with E-state index in [1.54, 1.807) is 0 Å². The zero-order valence-corrected chi connectivity index (χ0v) is 10.2. The Bertz CT molecular complexity index is 512. The molecule has 1 fully saturated rings. The van der Waals surface area contributed by atoms with Gasteiger partial charge in [0.15, 0.2) is 0 Å². The van der Waals surface area contributed by atoms with E-state index < -0.39 is 0 Å². The average Bonchev–Trinajstić information content (AvgIpc) is 3.05. The van der Waals surface area contributed by atoms with Gasteiger partial charge < -0.3 is 5.32 Å². The fourth-order valence-corrected chi connectivity index (χ4v) is 2.47. The predicted molar refractivity (Wildman–Crippen MR) is 70.7 cm³/mol. The van der Waals surface area contributed by atoms with Gasteiger partial charge in [-0.05, 0) is 47.9 Å².